The average Bonchev–Trinajstić information content (AvgIpc) is 4.00. The number of aromatic nitrogens is 5. The maximum atomic E-state index is 6.60. The van der Waals surface area contributed by atoms with E-state index in [1.165, 1.54) is 16.3 Å². The summed E-state index contributed by atoms with van der Waals surface area (Å²) in [7, 11) is 0. The fourth-order valence-corrected chi connectivity index (χ4v) is 9.38. The fourth-order valence-electron chi connectivity index (χ4n) is 9.38. The number of para-hydroxylation sites is 4. The van der Waals surface area contributed by atoms with Crippen molar-refractivity contribution in [1.82, 2.24) is 24.1 Å². The standard InChI is InChI=1S/C55H39N5O/c1-2-3-17-35-30-31-40(49-45-26-12-15-29-48(45)61-52(35)49)37-20-16-21-38(34-37)54-56-53(36-18-6-4-7-19-36)57-55(58-54)60-47-28-14-11-25-42(47)44-33-32-43-41-24-10-13-27-46(41)59(50(43)51(44)60)39-22-8-5-9-23-39/h4-16,18-34H,2-3,17H2,1H3. The lowest BCUT2D eigenvalue weighted by molar-refractivity contribution is 0.658. The summed E-state index contributed by atoms with van der Waals surface area (Å²) in [6, 6.07) is 64.1. The van der Waals surface area contributed by atoms with Crippen LogP contribution in [0.4, 0.5) is 0 Å². The molecule has 0 amide bonds. The number of aryl methyl sites for hydroxylation is 1. The Morgan fingerprint density at radius 1 is 0.475 bits per heavy atom. The van der Waals surface area contributed by atoms with Gasteiger partial charge in [-0.15, -0.1) is 0 Å². The van der Waals surface area contributed by atoms with Gasteiger partial charge in [-0.1, -0.05) is 159 Å². The van der Waals surface area contributed by atoms with E-state index in [1.807, 2.05) is 24.3 Å². The molecule has 0 fully saturated rings. The summed E-state index contributed by atoms with van der Waals surface area (Å²) in [4.78, 5) is 16.0. The molecule has 0 spiro atoms. The molecule has 0 aliphatic carbocycles. The van der Waals surface area contributed by atoms with Crippen LogP contribution in [0.3, 0.4) is 0 Å². The number of rotatable bonds is 8. The first-order valence-corrected chi connectivity index (χ1v) is 21.1. The van der Waals surface area contributed by atoms with Gasteiger partial charge < -0.3 is 8.98 Å². The third-order valence-corrected chi connectivity index (χ3v) is 12.2. The lowest BCUT2D eigenvalue weighted by Crippen LogP contribution is -2.07. The van der Waals surface area contributed by atoms with Crippen LogP contribution >= 0.6 is 0 Å². The van der Waals surface area contributed by atoms with Crippen LogP contribution in [0.15, 0.2) is 186 Å². The molecular formula is C55H39N5O. The Bertz CT molecular complexity index is 3630. The molecule has 0 aliphatic rings. The minimum Gasteiger partial charge on any atom is -0.456 e. The molecule has 0 N–H and O–H groups in total. The summed E-state index contributed by atoms with van der Waals surface area (Å²) in [5, 5.41) is 6.89. The molecule has 12 rings (SSSR count). The molecule has 0 atom stereocenters. The zero-order valence-corrected chi connectivity index (χ0v) is 33.6. The van der Waals surface area contributed by atoms with Gasteiger partial charge in [0.2, 0.25) is 5.95 Å². The van der Waals surface area contributed by atoms with E-state index < -0.39 is 0 Å². The monoisotopic (exact) mass is 785 g/mol. The van der Waals surface area contributed by atoms with Crippen LogP contribution in [0, 0.1) is 0 Å². The molecule has 12 aromatic rings. The van der Waals surface area contributed by atoms with Crippen LogP contribution in [0.5, 0.6) is 0 Å². The van der Waals surface area contributed by atoms with Gasteiger partial charge in [0.1, 0.15) is 11.2 Å². The molecule has 0 saturated carbocycles. The topological polar surface area (TPSA) is 61.7 Å². The highest BCUT2D eigenvalue weighted by Crippen LogP contribution is 2.43. The van der Waals surface area contributed by atoms with Crippen molar-refractivity contribution in [3.63, 3.8) is 0 Å². The van der Waals surface area contributed by atoms with E-state index >= 15 is 0 Å². The van der Waals surface area contributed by atoms with Crippen molar-refractivity contribution in [2.24, 2.45) is 0 Å². The van der Waals surface area contributed by atoms with Crippen molar-refractivity contribution in [2.75, 3.05) is 0 Å². The molecule has 6 nitrogen and oxygen atoms in total. The molecular weight excluding hydrogens is 747 g/mol. The molecule has 4 aromatic heterocycles. The molecule has 8 aromatic carbocycles. The lowest BCUT2D eigenvalue weighted by Gasteiger charge is -2.14. The van der Waals surface area contributed by atoms with Crippen LogP contribution in [0.2, 0.25) is 0 Å². The maximum absolute atomic E-state index is 6.60. The summed E-state index contributed by atoms with van der Waals surface area (Å²) in [6.45, 7) is 2.23. The molecule has 0 aliphatic heterocycles. The first-order chi connectivity index (χ1) is 30.2. The van der Waals surface area contributed by atoms with E-state index in [0.717, 1.165) is 102 Å². The van der Waals surface area contributed by atoms with Gasteiger partial charge in [-0.2, -0.15) is 9.97 Å². The summed E-state index contributed by atoms with van der Waals surface area (Å²) in [5.41, 5.74) is 12.5. The number of nitrogens with zero attached hydrogens (tertiary/aromatic N) is 5. The predicted octanol–water partition coefficient (Wildman–Crippen LogP) is 14.3. The van der Waals surface area contributed by atoms with Gasteiger partial charge in [-0.05, 0) is 65.9 Å². The summed E-state index contributed by atoms with van der Waals surface area (Å²) < 4.78 is 11.2. The quantitative estimate of drug-likeness (QED) is 0.154. The highest BCUT2D eigenvalue weighted by atomic mass is 16.3. The number of fused-ring (bicyclic) bond motifs is 10. The van der Waals surface area contributed by atoms with Crippen molar-refractivity contribution in [1.29, 1.82) is 0 Å². The number of furan rings is 1. The first kappa shape index (κ1) is 35.1. The molecule has 290 valence electrons. The van der Waals surface area contributed by atoms with Crippen molar-refractivity contribution in [3.05, 3.63) is 188 Å². The Kier molecular flexibility index (Phi) is 8.17. The second kappa shape index (κ2) is 14.2. The Morgan fingerprint density at radius 2 is 1.07 bits per heavy atom. The minimum absolute atomic E-state index is 0.557. The lowest BCUT2D eigenvalue weighted by atomic mass is 9.94. The average molecular weight is 786 g/mol. The summed E-state index contributed by atoms with van der Waals surface area (Å²) >= 11 is 0. The van der Waals surface area contributed by atoms with E-state index in [4.69, 9.17) is 19.4 Å². The van der Waals surface area contributed by atoms with Crippen molar-refractivity contribution >= 4 is 65.6 Å². The van der Waals surface area contributed by atoms with Gasteiger partial charge in [0.15, 0.2) is 11.6 Å². The van der Waals surface area contributed by atoms with Crippen LogP contribution in [0.25, 0.3) is 111 Å². The van der Waals surface area contributed by atoms with Crippen LogP contribution < -0.4 is 0 Å². The molecule has 6 heteroatoms. The van der Waals surface area contributed by atoms with E-state index in [1.54, 1.807) is 0 Å². The third-order valence-electron chi connectivity index (χ3n) is 12.2. The molecule has 4 heterocycles. The Balaban J connectivity index is 1.13. The molecule has 61 heavy (non-hydrogen) atoms. The highest BCUT2D eigenvalue weighted by Gasteiger charge is 2.24. The minimum atomic E-state index is 0.557. The van der Waals surface area contributed by atoms with Gasteiger partial charge >= 0.3 is 0 Å². The second-order valence-electron chi connectivity index (χ2n) is 15.8. The van der Waals surface area contributed by atoms with Crippen LogP contribution in [0.1, 0.15) is 25.3 Å². The van der Waals surface area contributed by atoms with Gasteiger partial charge in [-0.3, -0.25) is 4.57 Å². The Labute approximate surface area is 352 Å². The number of unbranched alkanes of at least 4 members (excludes halogenated alkanes) is 1. The van der Waals surface area contributed by atoms with Gasteiger partial charge in [-0.25, -0.2) is 4.98 Å². The highest BCUT2D eigenvalue weighted by molar-refractivity contribution is 6.23. The van der Waals surface area contributed by atoms with Crippen LogP contribution in [-0.4, -0.2) is 24.1 Å². The van der Waals surface area contributed by atoms with Crippen molar-refractivity contribution < 1.29 is 4.42 Å². The Morgan fingerprint density at radius 3 is 1.80 bits per heavy atom. The number of hydrogen-bond donors (Lipinski definition) is 0. The van der Waals surface area contributed by atoms with Gasteiger partial charge in [0.05, 0.1) is 22.1 Å². The fraction of sp³-hybridized carbons (Fsp3) is 0.0727. The van der Waals surface area contributed by atoms with Crippen molar-refractivity contribution in [3.8, 4) is 45.5 Å². The van der Waals surface area contributed by atoms with Crippen LogP contribution in [-0.2, 0) is 6.42 Å². The third kappa shape index (κ3) is 5.60. The van der Waals surface area contributed by atoms with E-state index in [-0.39, 0.29) is 0 Å². The normalized spacial score (nSPS) is 11.9. The molecule has 0 bridgehead atoms. The summed E-state index contributed by atoms with van der Waals surface area (Å²) in [6.07, 6.45) is 3.21. The number of hydrogen-bond acceptors (Lipinski definition) is 4. The molecule has 0 unspecified atom stereocenters. The summed E-state index contributed by atoms with van der Waals surface area (Å²) in [5.74, 6) is 1.76. The SMILES string of the molecule is CCCCc1ccc(-c2cccc(-c3nc(-c4ccccc4)nc(-n4c5ccccc5c5ccc6c7ccccc7n(-c7ccccc7)c6c54)n3)c2)c2c1oc1ccccc12. The second-order valence-corrected chi connectivity index (χ2v) is 15.8. The maximum Gasteiger partial charge on any atom is 0.238 e. The Hall–Kier alpha value is -7.83. The van der Waals surface area contributed by atoms with Crippen molar-refractivity contribution in [2.45, 2.75) is 26.2 Å². The smallest absolute Gasteiger partial charge is 0.238 e. The zero-order valence-electron chi connectivity index (χ0n) is 33.6. The first-order valence-electron chi connectivity index (χ1n) is 21.1. The molecule has 0 radical (unpaired) electrons. The largest absolute Gasteiger partial charge is 0.456 e. The molecule has 0 saturated heterocycles. The van der Waals surface area contributed by atoms with Gasteiger partial charge in [0, 0.05) is 49.1 Å². The van der Waals surface area contributed by atoms with E-state index in [0.29, 0.717) is 17.6 Å². The predicted molar refractivity (Wildman–Crippen MR) is 251 cm³/mol. The zero-order chi connectivity index (χ0) is 40.4. The van der Waals surface area contributed by atoms with E-state index in [9.17, 15) is 0 Å². The van der Waals surface area contributed by atoms with E-state index in [2.05, 4.69) is 174 Å². The van der Waals surface area contributed by atoms with Gasteiger partial charge in [0.25, 0.3) is 0 Å². The number of benzene rings is 8.